The Morgan fingerprint density at radius 3 is 0.917 bits per heavy atom. The maximum atomic E-state index is 10.3. The van der Waals surface area contributed by atoms with Crippen molar-refractivity contribution in [3.8, 4) is 0 Å². The molecule has 0 fully saturated rings. The van der Waals surface area contributed by atoms with E-state index in [0.717, 1.165) is 38.5 Å². The van der Waals surface area contributed by atoms with Crippen LogP contribution in [-0.4, -0.2) is 22.2 Å². The lowest BCUT2D eigenvalue weighted by Gasteiger charge is -2.01. The van der Waals surface area contributed by atoms with Gasteiger partial charge in [0.2, 0.25) is 0 Å². The third-order valence-electron chi connectivity index (χ3n) is 6.33. The average Bonchev–Trinajstić information content (AvgIpc) is 2.85. The van der Waals surface area contributed by atoms with Crippen molar-refractivity contribution in [3.63, 3.8) is 0 Å². The number of hydrogen-bond acceptors (Lipinski definition) is 2. The van der Waals surface area contributed by atoms with Gasteiger partial charge in [-0.1, -0.05) is 128 Å². The first-order valence-corrected chi connectivity index (χ1v) is 15.3. The molecule has 0 unspecified atom stereocenters. The van der Waals surface area contributed by atoms with Crippen LogP contribution >= 0.6 is 0 Å². The molecule has 4 heteroatoms. The second kappa shape index (κ2) is 33.4. The quantitative estimate of drug-likeness (QED) is 0.0899. The van der Waals surface area contributed by atoms with Crippen LogP contribution in [0, 0.1) is 0 Å². The van der Waals surface area contributed by atoms with Gasteiger partial charge < -0.3 is 10.2 Å². The largest absolute Gasteiger partial charge is 0.481 e. The first kappa shape index (κ1) is 36.6. The molecule has 0 saturated heterocycles. The maximum Gasteiger partial charge on any atom is 0.303 e. The number of carboxylic acids is 2. The fraction of sp³-hybridized carbons (Fsp3) is 0.812. The van der Waals surface area contributed by atoms with Gasteiger partial charge in [0.05, 0.1) is 0 Å². The number of unbranched alkanes of at least 4 members (excludes halogenated alkanes) is 18. The highest BCUT2D eigenvalue weighted by atomic mass is 16.4. The van der Waals surface area contributed by atoms with E-state index in [0.29, 0.717) is 12.8 Å². The molecule has 0 amide bonds. The molecular formula is C32H60O4. The normalized spacial score (nSPS) is 11.2. The molecule has 0 spiro atoms. The summed E-state index contributed by atoms with van der Waals surface area (Å²) in [6.45, 7) is 4.35. The molecule has 0 aromatic heterocycles. The summed E-state index contributed by atoms with van der Waals surface area (Å²) in [6.07, 6.45) is 36.7. The molecule has 0 bridgehead atoms. The molecular weight excluding hydrogens is 448 g/mol. The van der Waals surface area contributed by atoms with E-state index in [1.807, 2.05) is 0 Å². The Hall–Kier alpha value is -1.58. The highest BCUT2D eigenvalue weighted by molar-refractivity contribution is 5.66. The highest BCUT2D eigenvalue weighted by Crippen LogP contribution is 2.12. The Kier molecular flexibility index (Phi) is 34.0. The molecule has 0 aliphatic rings. The highest BCUT2D eigenvalue weighted by Gasteiger charge is 1.97. The lowest BCUT2D eigenvalue weighted by molar-refractivity contribution is -0.138. The predicted molar refractivity (Wildman–Crippen MR) is 156 cm³/mol. The number of hydrogen-bond donors (Lipinski definition) is 2. The van der Waals surface area contributed by atoms with Crippen molar-refractivity contribution >= 4 is 11.9 Å². The summed E-state index contributed by atoms with van der Waals surface area (Å²) in [6, 6.07) is 0. The standard InChI is InChI=1S/2C16H30O2/c2*1-2-3-4-5-6-7-8-9-10-11-12-13-14-15-16(17)18/h2*3-4H,2,5-15H2,1H3,(H,17,18). The molecule has 36 heavy (non-hydrogen) atoms. The van der Waals surface area contributed by atoms with Crippen molar-refractivity contribution in [2.45, 2.75) is 168 Å². The van der Waals surface area contributed by atoms with Gasteiger partial charge in [-0.2, -0.15) is 0 Å². The molecule has 212 valence electrons. The summed E-state index contributed by atoms with van der Waals surface area (Å²) in [5, 5.41) is 17.0. The van der Waals surface area contributed by atoms with Crippen molar-refractivity contribution in [1.82, 2.24) is 0 Å². The van der Waals surface area contributed by atoms with Gasteiger partial charge >= 0.3 is 11.9 Å². The Balaban J connectivity index is 0. The molecule has 0 aromatic carbocycles. The number of aliphatic carboxylic acids is 2. The molecule has 0 rings (SSSR count). The monoisotopic (exact) mass is 508 g/mol. The Bertz CT molecular complexity index is 464. The summed E-state index contributed by atoms with van der Waals surface area (Å²) in [5.74, 6) is -1.32. The second-order valence-electron chi connectivity index (χ2n) is 9.99. The smallest absolute Gasteiger partial charge is 0.303 e. The lowest BCUT2D eigenvalue weighted by atomic mass is 10.1. The van der Waals surface area contributed by atoms with Crippen molar-refractivity contribution in [1.29, 1.82) is 0 Å². The maximum absolute atomic E-state index is 10.3. The van der Waals surface area contributed by atoms with E-state index in [1.165, 1.54) is 103 Å². The van der Waals surface area contributed by atoms with Gasteiger partial charge in [-0.25, -0.2) is 0 Å². The van der Waals surface area contributed by atoms with Crippen LogP contribution in [0.25, 0.3) is 0 Å². The zero-order valence-corrected chi connectivity index (χ0v) is 24.0. The Morgan fingerprint density at radius 1 is 0.417 bits per heavy atom. The SMILES string of the molecule is CCC=CCCCCCCCCCCCC(=O)O.CCC=CCCCCCCCCCCCC(=O)O. The van der Waals surface area contributed by atoms with Crippen molar-refractivity contribution in [2.24, 2.45) is 0 Å². The third-order valence-corrected chi connectivity index (χ3v) is 6.33. The fourth-order valence-electron chi connectivity index (χ4n) is 4.12. The van der Waals surface area contributed by atoms with Crippen LogP contribution in [0.4, 0.5) is 0 Å². The van der Waals surface area contributed by atoms with E-state index in [-0.39, 0.29) is 0 Å². The lowest BCUT2D eigenvalue weighted by Crippen LogP contribution is -1.93. The zero-order chi connectivity index (χ0) is 27.0. The van der Waals surface area contributed by atoms with E-state index in [9.17, 15) is 9.59 Å². The molecule has 2 N–H and O–H groups in total. The van der Waals surface area contributed by atoms with Crippen molar-refractivity contribution in [3.05, 3.63) is 24.3 Å². The van der Waals surface area contributed by atoms with Crippen LogP contribution < -0.4 is 0 Å². The molecule has 4 nitrogen and oxygen atoms in total. The molecule has 0 aromatic rings. The minimum Gasteiger partial charge on any atom is -0.481 e. The van der Waals surface area contributed by atoms with Gasteiger partial charge in [0.25, 0.3) is 0 Å². The summed E-state index contributed by atoms with van der Waals surface area (Å²) in [5.41, 5.74) is 0. The van der Waals surface area contributed by atoms with Crippen molar-refractivity contribution in [2.75, 3.05) is 0 Å². The van der Waals surface area contributed by atoms with Crippen LogP contribution in [0.2, 0.25) is 0 Å². The van der Waals surface area contributed by atoms with Crippen LogP contribution in [0.3, 0.4) is 0 Å². The van der Waals surface area contributed by atoms with E-state index < -0.39 is 11.9 Å². The molecule has 0 heterocycles. The molecule has 0 atom stereocenters. The van der Waals surface area contributed by atoms with Crippen LogP contribution in [-0.2, 0) is 9.59 Å². The van der Waals surface area contributed by atoms with Crippen LogP contribution in [0.1, 0.15) is 168 Å². The molecule has 0 radical (unpaired) electrons. The third kappa shape index (κ3) is 39.6. The molecule has 0 saturated carbocycles. The minimum atomic E-state index is -0.660. The number of rotatable bonds is 26. The number of carboxylic acid groups (broad SMARTS) is 2. The zero-order valence-electron chi connectivity index (χ0n) is 24.0. The van der Waals surface area contributed by atoms with E-state index >= 15 is 0 Å². The van der Waals surface area contributed by atoms with Crippen LogP contribution in [0.5, 0.6) is 0 Å². The molecule has 0 aliphatic heterocycles. The van der Waals surface area contributed by atoms with Crippen molar-refractivity contribution < 1.29 is 19.8 Å². The van der Waals surface area contributed by atoms with Gasteiger partial charge in [0.1, 0.15) is 0 Å². The Morgan fingerprint density at radius 2 is 0.667 bits per heavy atom. The van der Waals surface area contributed by atoms with Gasteiger partial charge in [0, 0.05) is 12.8 Å². The van der Waals surface area contributed by atoms with Gasteiger partial charge in [-0.15, -0.1) is 0 Å². The summed E-state index contributed by atoms with van der Waals surface area (Å²) in [4.78, 5) is 20.6. The van der Waals surface area contributed by atoms with Gasteiger partial charge in [-0.3, -0.25) is 9.59 Å². The topological polar surface area (TPSA) is 74.6 Å². The Labute approximate surface area is 224 Å². The van der Waals surface area contributed by atoms with Gasteiger partial charge in [0.15, 0.2) is 0 Å². The average molecular weight is 509 g/mol. The number of carbonyl (C=O) groups is 2. The van der Waals surface area contributed by atoms with Crippen LogP contribution in [0.15, 0.2) is 24.3 Å². The number of allylic oxidation sites excluding steroid dienone is 4. The predicted octanol–water partition coefficient (Wildman–Crippen LogP) is 10.7. The first-order chi connectivity index (χ1) is 17.5. The minimum absolute atomic E-state index is 0.339. The van der Waals surface area contributed by atoms with Gasteiger partial charge in [-0.05, 0) is 51.4 Å². The summed E-state index contributed by atoms with van der Waals surface area (Å²) in [7, 11) is 0. The van der Waals surface area contributed by atoms with E-state index in [1.54, 1.807) is 0 Å². The molecule has 0 aliphatic carbocycles. The van der Waals surface area contributed by atoms with E-state index in [2.05, 4.69) is 38.2 Å². The fourth-order valence-corrected chi connectivity index (χ4v) is 4.12. The first-order valence-electron chi connectivity index (χ1n) is 15.3. The van der Waals surface area contributed by atoms with E-state index in [4.69, 9.17) is 10.2 Å². The summed E-state index contributed by atoms with van der Waals surface area (Å²) < 4.78 is 0. The second-order valence-corrected chi connectivity index (χ2v) is 9.99. The summed E-state index contributed by atoms with van der Waals surface area (Å²) >= 11 is 0.